The van der Waals surface area contributed by atoms with E-state index in [-0.39, 0.29) is 18.5 Å². The molecular formula is C10H14FNO. The van der Waals surface area contributed by atoms with Crippen LogP contribution in [0.1, 0.15) is 18.5 Å². The smallest absolute Gasteiger partial charge is 0.123 e. The van der Waals surface area contributed by atoms with E-state index in [0.29, 0.717) is 0 Å². The lowest BCUT2D eigenvalue weighted by molar-refractivity contribution is 0.246. The first kappa shape index (κ1) is 10.2. The number of nitrogens with one attached hydrogen (secondary N) is 1. The van der Waals surface area contributed by atoms with Gasteiger partial charge in [0.15, 0.2) is 0 Å². The van der Waals surface area contributed by atoms with Crippen molar-refractivity contribution in [2.75, 3.05) is 13.2 Å². The van der Waals surface area contributed by atoms with Gasteiger partial charge in [0.05, 0.1) is 12.6 Å². The molecule has 2 nitrogen and oxygen atoms in total. The van der Waals surface area contributed by atoms with Gasteiger partial charge in [-0.15, -0.1) is 0 Å². The maximum absolute atomic E-state index is 12.6. The summed E-state index contributed by atoms with van der Waals surface area (Å²) in [4.78, 5) is 0. The van der Waals surface area contributed by atoms with Crippen LogP contribution in [-0.2, 0) is 0 Å². The second kappa shape index (κ2) is 4.94. The number of likely N-dealkylation sites (N-methyl/N-ethyl adjacent to an activating group) is 1. The van der Waals surface area contributed by atoms with Gasteiger partial charge in [0, 0.05) is 0 Å². The summed E-state index contributed by atoms with van der Waals surface area (Å²) in [6.07, 6.45) is 0. The fourth-order valence-corrected chi connectivity index (χ4v) is 1.23. The van der Waals surface area contributed by atoms with Crippen LogP contribution in [-0.4, -0.2) is 18.3 Å². The van der Waals surface area contributed by atoms with Crippen molar-refractivity contribution in [2.45, 2.75) is 13.0 Å². The topological polar surface area (TPSA) is 32.3 Å². The van der Waals surface area contributed by atoms with Crippen LogP contribution in [0.3, 0.4) is 0 Å². The second-order valence-corrected chi connectivity index (χ2v) is 2.84. The van der Waals surface area contributed by atoms with E-state index in [1.165, 1.54) is 12.1 Å². The molecule has 1 rings (SSSR count). The molecule has 0 spiro atoms. The van der Waals surface area contributed by atoms with Gasteiger partial charge in [0.25, 0.3) is 0 Å². The lowest BCUT2D eigenvalue weighted by atomic mass is 10.1. The van der Waals surface area contributed by atoms with Crippen molar-refractivity contribution in [2.24, 2.45) is 0 Å². The molecule has 0 aromatic heterocycles. The van der Waals surface area contributed by atoms with Crippen molar-refractivity contribution in [3.8, 4) is 0 Å². The summed E-state index contributed by atoms with van der Waals surface area (Å²) < 4.78 is 12.6. The van der Waals surface area contributed by atoms with E-state index in [1.807, 2.05) is 6.92 Å². The zero-order valence-electron chi connectivity index (χ0n) is 7.63. The molecule has 0 aliphatic carbocycles. The molecule has 2 N–H and O–H groups in total. The molecule has 3 heteroatoms. The first-order valence-electron chi connectivity index (χ1n) is 4.37. The van der Waals surface area contributed by atoms with Gasteiger partial charge < -0.3 is 10.4 Å². The van der Waals surface area contributed by atoms with Crippen LogP contribution in [0.5, 0.6) is 0 Å². The number of hydrogen-bond acceptors (Lipinski definition) is 2. The van der Waals surface area contributed by atoms with E-state index in [0.717, 1.165) is 12.1 Å². The summed E-state index contributed by atoms with van der Waals surface area (Å²) in [6, 6.07) is 6.06. The van der Waals surface area contributed by atoms with Gasteiger partial charge in [-0.3, -0.25) is 0 Å². The van der Waals surface area contributed by atoms with Gasteiger partial charge in [-0.1, -0.05) is 19.1 Å². The molecule has 1 aromatic rings. The zero-order chi connectivity index (χ0) is 9.68. The van der Waals surface area contributed by atoms with Gasteiger partial charge in [0.2, 0.25) is 0 Å². The Morgan fingerprint density at radius 3 is 2.46 bits per heavy atom. The average Bonchev–Trinajstić information content (AvgIpc) is 2.16. The normalized spacial score (nSPS) is 12.8. The van der Waals surface area contributed by atoms with E-state index in [2.05, 4.69) is 5.32 Å². The molecule has 0 amide bonds. The Labute approximate surface area is 77.4 Å². The molecule has 1 aromatic carbocycles. The summed E-state index contributed by atoms with van der Waals surface area (Å²) in [6.45, 7) is 2.77. The number of halogens is 1. The summed E-state index contributed by atoms with van der Waals surface area (Å²) in [7, 11) is 0. The van der Waals surface area contributed by atoms with Crippen molar-refractivity contribution >= 4 is 0 Å². The average molecular weight is 183 g/mol. The third kappa shape index (κ3) is 2.79. The predicted octanol–water partition coefficient (Wildman–Crippen LogP) is 1.47. The molecule has 0 radical (unpaired) electrons. The highest BCUT2D eigenvalue weighted by molar-refractivity contribution is 5.19. The number of rotatable bonds is 4. The van der Waals surface area contributed by atoms with E-state index >= 15 is 0 Å². The van der Waals surface area contributed by atoms with Gasteiger partial charge in [-0.25, -0.2) is 4.39 Å². The SMILES string of the molecule is CCNC(CO)c1ccc(F)cc1. The zero-order valence-corrected chi connectivity index (χ0v) is 7.63. The van der Waals surface area contributed by atoms with Crippen LogP contribution in [0, 0.1) is 5.82 Å². The van der Waals surface area contributed by atoms with E-state index in [4.69, 9.17) is 5.11 Å². The molecule has 0 saturated carbocycles. The fraction of sp³-hybridized carbons (Fsp3) is 0.400. The van der Waals surface area contributed by atoms with Crippen LogP contribution in [0.15, 0.2) is 24.3 Å². The summed E-state index contributed by atoms with van der Waals surface area (Å²) in [5, 5.41) is 12.1. The number of aliphatic hydroxyl groups excluding tert-OH is 1. The minimum atomic E-state index is -0.253. The Kier molecular flexibility index (Phi) is 3.86. The Hall–Kier alpha value is -0.930. The van der Waals surface area contributed by atoms with Gasteiger partial charge >= 0.3 is 0 Å². The van der Waals surface area contributed by atoms with E-state index in [9.17, 15) is 4.39 Å². The Morgan fingerprint density at radius 1 is 1.38 bits per heavy atom. The van der Waals surface area contributed by atoms with Crippen molar-refractivity contribution in [1.29, 1.82) is 0 Å². The van der Waals surface area contributed by atoms with Gasteiger partial charge in [-0.05, 0) is 24.2 Å². The Balaban J connectivity index is 2.73. The lowest BCUT2D eigenvalue weighted by Crippen LogP contribution is -2.23. The molecule has 0 bridgehead atoms. The van der Waals surface area contributed by atoms with E-state index in [1.54, 1.807) is 12.1 Å². The minimum Gasteiger partial charge on any atom is -0.394 e. The third-order valence-corrected chi connectivity index (χ3v) is 1.91. The molecule has 13 heavy (non-hydrogen) atoms. The van der Waals surface area contributed by atoms with Crippen LogP contribution in [0.2, 0.25) is 0 Å². The van der Waals surface area contributed by atoms with Crippen molar-refractivity contribution in [3.63, 3.8) is 0 Å². The lowest BCUT2D eigenvalue weighted by Gasteiger charge is -2.14. The predicted molar refractivity (Wildman–Crippen MR) is 49.9 cm³/mol. The highest BCUT2D eigenvalue weighted by atomic mass is 19.1. The molecule has 1 atom stereocenters. The highest BCUT2D eigenvalue weighted by Gasteiger charge is 2.07. The van der Waals surface area contributed by atoms with Gasteiger partial charge in [0.1, 0.15) is 5.82 Å². The van der Waals surface area contributed by atoms with Gasteiger partial charge in [-0.2, -0.15) is 0 Å². The maximum atomic E-state index is 12.6. The van der Waals surface area contributed by atoms with Crippen LogP contribution >= 0.6 is 0 Å². The molecule has 0 aliphatic rings. The van der Waals surface area contributed by atoms with Crippen LogP contribution in [0.4, 0.5) is 4.39 Å². The maximum Gasteiger partial charge on any atom is 0.123 e. The largest absolute Gasteiger partial charge is 0.394 e. The fourth-order valence-electron chi connectivity index (χ4n) is 1.23. The molecule has 1 unspecified atom stereocenters. The van der Waals surface area contributed by atoms with E-state index < -0.39 is 0 Å². The number of aliphatic hydroxyl groups is 1. The third-order valence-electron chi connectivity index (χ3n) is 1.91. The molecule has 0 fully saturated rings. The molecular weight excluding hydrogens is 169 g/mol. The van der Waals surface area contributed by atoms with Crippen molar-refractivity contribution in [1.82, 2.24) is 5.32 Å². The molecule has 0 aliphatic heterocycles. The molecule has 0 saturated heterocycles. The standard InChI is InChI=1S/C10H14FNO/c1-2-12-10(7-13)8-3-5-9(11)6-4-8/h3-6,10,12-13H,2,7H2,1H3. The number of hydrogen-bond donors (Lipinski definition) is 2. The monoisotopic (exact) mass is 183 g/mol. The molecule has 72 valence electrons. The molecule has 0 heterocycles. The quantitative estimate of drug-likeness (QED) is 0.740. The minimum absolute atomic E-state index is 0.0273. The summed E-state index contributed by atoms with van der Waals surface area (Å²) >= 11 is 0. The van der Waals surface area contributed by atoms with Crippen molar-refractivity contribution in [3.05, 3.63) is 35.6 Å². The first-order valence-corrected chi connectivity index (χ1v) is 4.37. The Morgan fingerprint density at radius 2 is 2.00 bits per heavy atom. The summed E-state index contributed by atoms with van der Waals surface area (Å²) in [5.41, 5.74) is 0.908. The first-order chi connectivity index (χ1) is 6.27. The Bertz CT molecular complexity index is 248. The van der Waals surface area contributed by atoms with Crippen LogP contribution in [0.25, 0.3) is 0 Å². The summed E-state index contributed by atoms with van der Waals surface area (Å²) in [5.74, 6) is -0.253. The second-order valence-electron chi connectivity index (χ2n) is 2.84. The van der Waals surface area contributed by atoms with Crippen molar-refractivity contribution < 1.29 is 9.50 Å². The van der Waals surface area contributed by atoms with Crippen LogP contribution < -0.4 is 5.32 Å². The number of benzene rings is 1. The highest BCUT2D eigenvalue weighted by Crippen LogP contribution is 2.12.